The molecule has 12 rings (SSSR count). The maximum Gasteiger partial charge on any atom is 0.164 e. The fourth-order valence-corrected chi connectivity index (χ4v) is 8.86. The van der Waals surface area contributed by atoms with Crippen LogP contribution in [0.4, 0.5) is 0 Å². The van der Waals surface area contributed by atoms with Gasteiger partial charge < -0.3 is 13.6 Å². The molecule has 0 aliphatic carbocycles. The largest absolute Gasteiger partial charge is 0.454 e. The van der Waals surface area contributed by atoms with Crippen molar-refractivity contribution in [2.45, 2.75) is 0 Å². The molecule has 0 fully saturated rings. The minimum atomic E-state index is 0.603. The summed E-state index contributed by atoms with van der Waals surface area (Å²) in [4.78, 5) is 11.1. The van der Waals surface area contributed by atoms with E-state index in [2.05, 4.69) is 185 Å². The van der Waals surface area contributed by atoms with Crippen LogP contribution in [0.2, 0.25) is 0 Å². The van der Waals surface area contributed by atoms with Crippen LogP contribution in [0.15, 0.2) is 199 Å². The smallest absolute Gasteiger partial charge is 0.164 e. The normalized spacial score (nSPS) is 11.9. The van der Waals surface area contributed by atoms with E-state index in [1.807, 2.05) is 18.2 Å². The van der Waals surface area contributed by atoms with E-state index in [0.717, 1.165) is 94.2 Å². The molecule has 4 aromatic heterocycles. The number of benzene rings is 8. The number of nitrogens with zero attached hydrogens (tertiary/aromatic N) is 4. The van der Waals surface area contributed by atoms with Crippen molar-refractivity contribution in [2.24, 2.45) is 0 Å². The van der Waals surface area contributed by atoms with E-state index < -0.39 is 0 Å². The number of furan rings is 1. The standard InChI is InChI=1S/C52H32N4O/c1-3-17-33(18-4-1)41-32-42(34-19-5-2-6-20-34)54-52(53-41)49-47(55-43-26-12-7-21-35(43)36-22-8-13-27-44(36)55)31-40-39-25-11-16-30-48(39)57-51(40)50(49)56-45-28-14-9-23-37(45)38-24-10-15-29-46(38)56/h1-32H. The third-order valence-electron chi connectivity index (χ3n) is 11.3. The van der Waals surface area contributed by atoms with Gasteiger partial charge in [-0.15, -0.1) is 0 Å². The van der Waals surface area contributed by atoms with Crippen molar-refractivity contribution in [1.29, 1.82) is 0 Å². The lowest BCUT2D eigenvalue weighted by Gasteiger charge is -2.20. The van der Waals surface area contributed by atoms with Gasteiger partial charge in [0, 0.05) is 43.4 Å². The molecule has 0 aliphatic heterocycles. The van der Waals surface area contributed by atoms with Crippen molar-refractivity contribution < 1.29 is 4.42 Å². The summed E-state index contributed by atoms with van der Waals surface area (Å²) in [5, 5.41) is 6.75. The molecule has 4 heterocycles. The number of hydrogen-bond donors (Lipinski definition) is 0. The number of para-hydroxylation sites is 5. The highest BCUT2D eigenvalue weighted by molar-refractivity contribution is 6.17. The van der Waals surface area contributed by atoms with Crippen LogP contribution in [0, 0.1) is 0 Å². The quantitative estimate of drug-likeness (QED) is 0.177. The first kappa shape index (κ1) is 31.6. The van der Waals surface area contributed by atoms with Crippen LogP contribution in [0.25, 0.3) is 111 Å². The van der Waals surface area contributed by atoms with E-state index in [0.29, 0.717) is 5.82 Å². The van der Waals surface area contributed by atoms with Gasteiger partial charge in [-0.25, -0.2) is 9.97 Å². The molecule has 5 nitrogen and oxygen atoms in total. The maximum absolute atomic E-state index is 7.06. The molecule has 57 heavy (non-hydrogen) atoms. The Kier molecular flexibility index (Phi) is 6.86. The molecule has 0 atom stereocenters. The summed E-state index contributed by atoms with van der Waals surface area (Å²) < 4.78 is 11.8. The molecule has 0 radical (unpaired) electrons. The van der Waals surface area contributed by atoms with Crippen LogP contribution < -0.4 is 0 Å². The predicted molar refractivity (Wildman–Crippen MR) is 234 cm³/mol. The molecule has 0 amide bonds. The van der Waals surface area contributed by atoms with E-state index in [4.69, 9.17) is 14.4 Å². The Labute approximate surface area is 327 Å². The first-order valence-corrected chi connectivity index (χ1v) is 19.3. The topological polar surface area (TPSA) is 48.8 Å². The summed E-state index contributed by atoms with van der Waals surface area (Å²) >= 11 is 0. The van der Waals surface area contributed by atoms with E-state index in [1.54, 1.807) is 0 Å². The lowest BCUT2D eigenvalue weighted by Crippen LogP contribution is -2.07. The lowest BCUT2D eigenvalue weighted by atomic mass is 10.0. The Hall–Kier alpha value is -7.76. The van der Waals surface area contributed by atoms with E-state index in [-0.39, 0.29) is 0 Å². The van der Waals surface area contributed by atoms with Crippen molar-refractivity contribution in [3.05, 3.63) is 194 Å². The summed E-state index contributed by atoms with van der Waals surface area (Å²) in [6.07, 6.45) is 0. The molecule has 8 aromatic carbocycles. The monoisotopic (exact) mass is 728 g/mol. The second-order valence-electron chi connectivity index (χ2n) is 14.5. The lowest BCUT2D eigenvalue weighted by molar-refractivity contribution is 0.666. The van der Waals surface area contributed by atoms with Crippen LogP contribution in [-0.2, 0) is 0 Å². The SMILES string of the molecule is c1ccc(-c2cc(-c3ccccc3)nc(-c3c(-n4c5ccccc5c5ccccc54)cc4c(oc5ccccc54)c3-n3c4ccccc4c4ccccc43)n2)cc1. The number of rotatable bonds is 5. The van der Waals surface area contributed by atoms with Gasteiger partial charge in [0.05, 0.1) is 44.7 Å². The van der Waals surface area contributed by atoms with Gasteiger partial charge in [-0.3, -0.25) is 0 Å². The Morgan fingerprint density at radius 2 is 0.789 bits per heavy atom. The van der Waals surface area contributed by atoms with Crippen LogP contribution in [-0.4, -0.2) is 19.1 Å². The van der Waals surface area contributed by atoms with Crippen LogP contribution in [0.5, 0.6) is 0 Å². The minimum Gasteiger partial charge on any atom is -0.454 e. The first-order valence-electron chi connectivity index (χ1n) is 19.3. The second-order valence-corrected chi connectivity index (χ2v) is 14.5. The van der Waals surface area contributed by atoms with Crippen LogP contribution >= 0.6 is 0 Å². The highest BCUT2D eigenvalue weighted by Gasteiger charge is 2.29. The highest BCUT2D eigenvalue weighted by Crippen LogP contribution is 2.47. The van der Waals surface area contributed by atoms with Crippen molar-refractivity contribution in [3.8, 4) is 45.3 Å². The minimum absolute atomic E-state index is 0.603. The average molecular weight is 729 g/mol. The fourth-order valence-electron chi connectivity index (χ4n) is 8.86. The Morgan fingerprint density at radius 3 is 1.30 bits per heavy atom. The van der Waals surface area contributed by atoms with Crippen molar-refractivity contribution in [3.63, 3.8) is 0 Å². The molecular formula is C52H32N4O. The molecule has 0 saturated heterocycles. The third-order valence-corrected chi connectivity index (χ3v) is 11.3. The Balaban J connectivity index is 1.35. The zero-order valence-corrected chi connectivity index (χ0v) is 30.7. The summed E-state index contributed by atoms with van der Waals surface area (Å²) in [6, 6.07) is 68.2. The number of aromatic nitrogens is 4. The van der Waals surface area contributed by atoms with Gasteiger partial charge in [0.15, 0.2) is 11.4 Å². The highest BCUT2D eigenvalue weighted by atomic mass is 16.3. The molecule has 5 heteroatoms. The zero-order chi connectivity index (χ0) is 37.5. The van der Waals surface area contributed by atoms with E-state index >= 15 is 0 Å². The van der Waals surface area contributed by atoms with Crippen molar-refractivity contribution >= 4 is 65.6 Å². The van der Waals surface area contributed by atoms with Gasteiger partial charge in [-0.2, -0.15) is 0 Å². The molecule has 0 N–H and O–H groups in total. The van der Waals surface area contributed by atoms with E-state index in [9.17, 15) is 0 Å². The second kappa shape index (κ2) is 12.4. The molecule has 12 aromatic rings. The van der Waals surface area contributed by atoms with Gasteiger partial charge in [-0.1, -0.05) is 152 Å². The molecule has 0 spiro atoms. The predicted octanol–water partition coefficient (Wildman–Crippen LogP) is 13.6. The molecule has 0 aliphatic rings. The van der Waals surface area contributed by atoms with E-state index in [1.165, 1.54) is 10.8 Å². The average Bonchev–Trinajstić information content (AvgIpc) is 3.94. The van der Waals surface area contributed by atoms with Crippen LogP contribution in [0.1, 0.15) is 0 Å². The summed E-state index contributed by atoms with van der Waals surface area (Å²) in [7, 11) is 0. The molecule has 0 saturated carbocycles. The van der Waals surface area contributed by atoms with Gasteiger partial charge in [0.1, 0.15) is 11.3 Å². The summed E-state index contributed by atoms with van der Waals surface area (Å²) in [5.41, 5.74) is 12.4. The number of fused-ring (bicyclic) bond motifs is 9. The van der Waals surface area contributed by atoms with Crippen molar-refractivity contribution in [2.75, 3.05) is 0 Å². The zero-order valence-electron chi connectivity index (χ0n) is 30.7. The van der Waals surface area contributed by atoms with Crippen molar-refractivity contribution in [1.82, 2.24) is 19.1 Å². The molecule has 0 bridgehead atoms. The van der Waals surface area contributed by atoms with Gasteiger partial charge >= 0.3 is 0 Å². The third kappa shape index (κ3) is 4.76. The van der Waals surface area contributed by atoms with Gasteiger partial charge in [-0.05, 0) is 42.5 Å². The number of hydrogen-bond acceptors (Lipinski definition) is 3. The first-order chi connectivity index (χ1) is 28.3. The Morgan fingerprint density at radius 1 is 0.368 bits per heavy atom. The molecular weight excluding hydrogens is 697 g/mol. The summed E-state index contributed by atoms with van der Waals surface area (Å²) in [5.74, 6) is 0.603. The van der Waals surface area contributed by atoms with Gasteiger partial charge in [0.2, 0.25) is 0 Å². The molecule has 0 unspecified atom stereocenters. The summed E-state index contributed by atoms with van der Waals surface area (Å²) in [6.45, 7) is 0. The molecule has 266 valence electrons. The maximum atomic E-state index is 7.06. The Bertz CT molecular complexity index is 3360. The fraction of sp³-hybridized carbons (Fsp3) is 0. The van der Waals surface area contributed by atoms with Crippen LogP contribution in [0.3, 0.4) is 0 Å². The van der Waals surface area contributed by atoms with Gasteiger partial charge in [0.25, 0.3) is 0 Å².